The molecule has 1 aliphatic carbocycles. The predicted molar refractivity (Wildman–Crippen MR) is 107 cm³/mol. The van der Waals surface area contributed by atoms with E-state index in [9.17, 15) is 9.35 Å². The van der Waals surface area contributed by atoms with Gasteiger partial charge in [-0.3, -0.25) is 9.78 Å². The molecular formula is C21H29N3O3S. The van der Waals surface area contributed by atoms with E-state index in [1.807, 2.05) is 15.4 Å². The number of carbonyl (C=O) groups is 1. The van der Waals surface area contributed by atoms with Crippen LogP contribution in [0.15, 0.2) is 12.3 Å². The lowest BCUT2D eigenvalue weighted by Crippen LogP contribution is -2.58. The van der Waals surface area contributed by atoms with Crippen LogP contribution in [0.1, 0.15) is 55.7 Å². The second kappa shape index (κ2) is 6.89. The molecule has 1 aromatic heterocycles. The van der Waals surface area contributed by atoms with Gasteiger partial charge in [-0.05, 0) is 50.0 Å². The molecule has 7 heteroatoms. The number of aromatic nitrogens is 1. The summed E-state index contributed by atoms with van der Waals surface area (Å²) in [4.78, 5) is 17.6. The van der Waals surface area contributed by atoms with Gasteiger partial charge >= 0.3 is 0 Å². The fourth-order valence-electron chi connectivity index (χ4n) is 5.95. The molecule has 2 spiro atoms. The summed E-state index contributed by atoms with van der Waals surface area (Å²) in [5.41, 5.74) is 2.83. The van der Waals surface area contributed by atoms with Crippen molar-refractivity contribution in [1.82, 2.24) is 14.2 Å². The normalized spacial score (nSPS) is 27.3. The van der Waals surface area contributed by atoms with Crippen molar-refractivity contribution in [3.63, 3.8) is 0 Å². The van der Waals surface area contributed by atoms with Crippen molar-refractivity contribution < 1.29 is 14.1 Å². The Labute approximate surface area is 169 Å². The molecule has 1 unspecified atom stereocenters. The summed E-state index contributed by atoms with van der Waals surface area (Å²) in [7, 11) is 0. The van der Waals surface area contributed by atoms with E-state index in [4.69, 9.17) is 9.72 Å². The first kappa shape index (κ1) is 18.7. The van der Waals surface area contributed by atoms with Gasteiger partial charge in [0.2, 0.25) is 6.41 Å². The molecule has 6 nitrogen and oxygen atoms in total. The van der Waals surface area contributed by atoms with Crippen LogP contribution in [-0.4, -0.2) is 63.2 Å². The topological polar surface area (TPSA) is 68.7 Å². The summed E-state index contributed by atoms with van der Waals surface area (Å²) in [6, 6.07) is 2.27. The summed E-state index contributed by atoms with van der Waals surface area (Å²) < 4.78 is 20.1. The molecule has 3 aliphatic heterocycles. The standard InChI is InChI=1S/C21H29N3O3S/c1-28(26)24-6-2-16(3-7-24)18-10-17-11-21(27-19(17)12-22-18)13-20(14-21)4-8-23(15-25)9-5-20/h10,12,15-16H,2-9,11,13-14H2,1H3. The third-order valence-electron chi connectivity index (χ3n) is 7.45. The minimum Gasteiger partial charge on any atom is -0.598 e. The maximum atomic E-state index is 11.7. The third kappa shape index (κ3) is 3.21. The molecule has 0 N–H and O–H groups in total. The number of hydrogen-bond acceptors (Lipinski definition) is 5. The lowest BCUT2D eigenvalue weighted by molar-refractivity contribution is -0.134. The number of rotatable bonds is 3. The second-order valence-electron chi connectivity index (χ2n) is 9.30. The van der Waals surface area contributed by atoms with Crippen LogP contribution in [0.4, 0.5) is 0 Å². The number of nitrogens with zero attached hydrogens (tertiary/aromatic N) is 3. The second-order valence-corrected chi connectivity index (χ2v) is 10.7. The smallest absolute Gasteiger partial charge is 0.209 e. The van der Waals surface area contributed by atoms with Crippen molar-refractivity contribution in [2.24, 2.45) is 5.41 Å². The third-order valence-corrected chi connectivity index (χ3v) is 8.54. The van der Waals surface area contributed by atoms with Gasteiger partial charge in [0.15, 0.2) is 0 Å². The van der Waals surface area contributed by atoms with Gasteiger partial charge in [-0.1, -0.05) is 0 Å². The van der Waals surface area contributed by atoms with E-state index in [1.165, 1.54) is 11.3 Å². The molecule has 3 fully saturated rings. The molecule has 1 aromatic rings. The number of ether oxygens (including phenoxy) is 1. The highest BCUT2D eigenvalue weighted by Crippen LogP contribution is 2.60. The Balaban J connectivity index is 1.22. The molecule has 0 aromatic carbocycles. The van der Waals surface area contributed by atoms with Crippen LogP contribution in [0.3, 0.4) is 0 Å². The summed E-state index contributed by atoms with van der Waals surface area (Å²) in [5, 5.41) is 0. The Kier molecular flexibility index (Phi) is 4.60. The lowest BCUT2D eigenvalue weighted by Gasteiger charge is -2.56. The number of likely N-dealkylation sites (tertiary alicyclic amines) is 1. The van der Waals surface area contributed by atoms with Crippen molar-refractivity contribution in [3.05, 3.63) is 23.5 Å². The maximum absolute atomic E-state index is 11.7. The molecular weight excluding hydrogens is 374 g/mol. The first-order valence-corrected chi connectivity index (χ1v) is 12.0. The van der Waals surface area contributed by atoms with E-state index in [2.05, 4.69) is 6.07 Å². The summed E-state index contributed by atoms with van der Waals surface area (Å²) in [6.45, 7) is 3.54. The van der Waals surface area contributed by atoms with Gasteiger partial charge in [-0.15, -0.1) is 4.31 Å². The number of fused-ring (bicyclic) bond motifs is 1. The van der Waals surface area contributed by atoms with Gasteiger partial charge in [-0.25, -0.2) is 0 Å². The summed E-state index contributed by atoms with van der Waals surface area (Å²) in [6.07, 6.45) is 12.1. The largest absolute Gasteiger partial charge is 0.598 e. The van der Waals surface area contributed by atoms with Gasteiger partial charge in [0.05, 0.1) is 6.20 Å². The van der Waals surface area contributed by atoms with Gasteiger partial charge < -0.3 is 14.2 Å². The van der Waals surface area contributed by atoms with Crippen LogP contribution in [0.5, 0.6) is 5.75 Å². The number of hydrogen-bond donors (Lipinski definition) is 0. The van der Waals surface area contributed by atoms with Crippen LogP contribution in [0.25, 0.3) is 0 Å². The van der Waals surface area contributed by atoms with Crippen molar-refractivity contribution >= 4 is 17.8 Å². The Morgan fingerprint density at radius 2 is 1.96 bits per heavy atom. The molecule has 0 radical (unpaired) electrons. The van der Waals surface area contributed by atoms with Gasteiger partial charge in [0, 0.05) is 61.1 Å². The quantitative estimate of drug-likeness (QED) is 0.572. The van der Waals surface area contributed by atoms with Crippen LogP contribution in [0.2, 0.25) is 0 Å². The fourth-order valence-corrected chi connectivity index (χ4v) is 6.68. The highest BCUT2D eigenvalue weighted by molar-refractivity contribution is 7.88. The van der Waals surface area contributed by atoms with E-state index in [-0.39, 0.29) is 5.60 Å². The number of piperidine rings is 2. The molecule has 2 saturated heterocycles. The SMILES string of the molecule is C[S+]([O-])N1CCC(c2cc3c(cn2)OC2(C3)CC3(CCN(C=O)CC3)C2)CC1. The minimum atomic E-state index is -0.865. The maximum Gasteiger partial charge on any atom is 0.209 e. The summed E-state index contributed by atoms with van der Waals surface area (Å²) >= 11 is -0.865. The highest BCUT2D eigenvalue weighted by Gasteiger charge is 2.59. The van der Waals surface area contributed by atoms with Crippen LogP contribution in [-0.2, 0) is 22.6 Å². The highest BCUT2D eigenvalue weighted by atomic mass is 32.2. The first-order chi connectivity index (χ1) is 13.5. The monoisotopic (exact) mass is 403 g/mol. The van der Waals surface area contributed by atoms with Crippen LogP contribution in [0, 0.1) is 5.41 Å². The first-order valence-electron chi connectivity index (χ1n) is 10.5. The lowest BCUT2D eigenvalue weighted by atomic mass is 9.54. The van der Waals surface area contributed by atoms with E-state index >= 15 is 0 Å². The molecule has 0 bridgehead atoms. The van der Waals surface area contributed by atoms with Gasteiger partial charge in [-0.2, -0.15) is 0 Å². The van der Waals surface area contributed by atoms with Gasteiger partial charge in [0.25, 0.3) is 0 Å². The zero-order valence-electron chi connectivity index (χ0n) is 16.6. The number of carbonyl (C=O) groups excluding carboxylic acids is 1. The Bertz CT molecular complexity index is 747. The van der Waals surface area contributed by atoms with Crippen LogP contribution < -0.4 is 4.74 Å². The zero-order valence-corrected chi connectivity index (χ0v) is 17.4. The molecule has 1 amide bonds. The Morgan fingerprint density at radius 1 is 1.25 bits per heavy atom. The molecule has 4 aliphatic rings. The van der Waals surface area contributed by atoms with Gasteiger partial charge in [0.1, 0.15) is 17.6 Å². The Morgan fingerprint density at radius 3 is 2.61 bits per heavy atom. The predicted octanol–water partition coefficient (Wildman–Crippen LogP) is 2.26. The van der Waals surface area contributed by atoms with E-state index in [0.717, 1.165) is 83.3 Å². The number of amides is 1. The average molecular weight is 404 g/mol. The minimum absolute atomic E-state index is 0.0333. The molecule has 1 saturated carbocycles. The molecule has 1 atom stereocenters. The van der Waals surface area contributed by atoms with Crippen molar-refractivity contribution in [2.45, 2.75) is 56.5 Å². The molecule has 152 valence electrons. The molecule has 4 heterocycles. The van der Waals surface area contributed by atoms with E-state index < -0.39 is 11.4 Å². The fraction of sp³-hybridized carbons (Fsp3) is 0.714. The van der Waals surface area contributed by atoms with E-state index in [0.29, 0.717) is 11.3 Å². The number of pyridine rings is 1. The molecule has 5 rings (SSSR count). The van der Waals surface area contributed by atoms with Crippen molar-refractivity contribution in [1.29, 1.82) is 0 Å². The van der Waals surface area contributed by atoms with Crippen molar-refractivity contribution in [3.8, 4) is 5.75 Å². The average Bonchev–Trinajstić information content (AvgIpc) is 3.06. The van der Waals surface area contributed by atoms with E-state index in [1.54, 1.807) is 6.26 Å². The summed E-state index contributed by atoms with van der Waals surface area (Å²) in [5.74, 6) is 1.43. The zero-order chi connectivity index (χ0) is 19.4. The van der Waals surface area contributed by atoms with Crippen molar-refractivity contribution in [2.75, 3.05) is 32.4 Å². The van der Waals surface area contributed by atoms with Crippen LogP contribution >= 0.6 is 0 Å². The Hall–Kier alpha value is -1.31. The molecule has 28 heavy (non-hydrogen) atoms.